The molecule has 1 N–H and O–H groups in total. The maximum absolute atomic E-state index is 12.7. The van der Waals surface area contributed by atoms with Gasteiger partial charge in [0.05, 0.1) is 26.1 Å². The zero-order chi connectivity index (χ0) is 21.9. The Kier molecular flexibility index (Phi) is 9.28. The normalized spacial score (nSPS) is 10.8. The lowest BCUT2D eigenvalue weighted by molar-refractivity contribution is -0.133. The molecule has 0 fully saturated rings. The number of allylic oxidation sites excluding steroid dienone is 1. The summed E-state index contributed by atoms with van der Waals surface area (Å²) in [6.45, 7) is 4.99. The summed E-state index contributed by atoms with van der Waals surface area (Å²) in [5, 5.41) is 8.84. The number of carbonyl (C=O) groups excluding carboxylic acids is 1. The van der Waals surface area contributed by atoms with E-state index in [-0.39, 0.29) is 11.5 Å². The molecule has 0 aliphatic heterocycles. The molecule has 0 saturated heterocycles. The van der Waals surface area contributed by atoms with E-state index in [1.165, 1.54) is 13.2 Å². The largest absolute Gasteiger partial charge is 0.496 e. The maximum atomic E-state index is 12.7. The molecular formula is C23H26O6S. The van der Waals surface area contributed by atoms with Crippen LogP contribution in [0.4, 0.5) is 0 Å². The van der Waals surface area contributed by atoms with E-state index in [0.29, 0.717) is 40.9 Å². The van der Waals surface area contributed by atoms with Crippen molar-refractivity contribution >= 4 is 29.6 Å². The average Bonchev–Trinajstić information content (AvgIpc) is 2.75. The molecule has 0 spiro atoms. The van der Waals surface area contributed by atoms with E-state index in [4.69, 9.17) is 19.3 Å². The first kappa shape index (κ1) is 23.3. The molecule has 6 nitrogen and oxygen atoms in total. The van der Waals surface area contributed by atoms with Crippen LogP contribution in [0.2, 0.25) is 0 Å². The molecule has 7 heteroatoms. The van der Waals surface area contributed by atoms with E-state index in [9.17, 15) is 9.59 Å². The van der Waals surface area contributed by atoms with E-state index in [1.807, 2.05) is 32.0 Å². The third-order valence-electron chi connectivity index (χ3n) is 3.97. The Morgan fingerprint density at radius 3 is 2.57 bits per heavy atom. The number of carboxylic acid groups (broad SMARTS) is 1. The highest BCUT2D eigenvalue weighted by Gasteiger charge is 2.12. The van der Waals surface area contributed by atoms with Crippen LogP contribution in [0.15, 0.2) is 47.4 Å². The number of carbonyl (C=O) groups is 2. The van der Waals surface area contributed by atoms with E-state index >= 15 is 0 Å². The molecule has 2 aromatic rings. The first-order valence-corrected chi connectivity index (χ1v) is 10.6. The second kappa shape index (κ2) is 11.9. The van der Waals surface area contributed by atoms with E-state index in [0.717, 1.165) is 23.7 Å². The maximum Gasteiger partial charge on any atom is 0.313 e. The predicted octanol–water partition coefficient (Wildman–Crippen LogP) is 4.96. The molecule has 2 aromatic carbocycles. The van der Waals surface area contributed by atoms with Gasteiger partial charge in [0.25, 0.3) is 0 Å². The van der Waals surface area contributed by atoms with Crippen LogP contribution in [-0.2, 0) is 4.79 Å². The third-order valence-corrected chi connectivity index (χ3v) is 5.01. The molecule has 0 bridgehead atoms. The Bertz CT molecular complexity index is 907. The molecule has 0 aromatic heterocycles. The van der Waals surface area contributed by atoms with Gasteiger partial charge in [-0.25, -0.2) is 0 Å². The number of thioether (sulfide) groups is 1. The Morgan fingerprint density at radius 2 is 1.90 bits per heavy atom. The van der Waals surface area contributed by atoms with Gasteiger partial charge in [0.15, 0.2) is 17.3 Å². The van der Waals surface area contributed by atoms with E-state index in [2.05, 4.69) is 0 Å². The summed E-state index contributed by atoms with van der Waals surface area (Å²) in [5.41, 5.74) is 1.20. The highest BCUT2D eigenvalue weighted by atomic mass is 32.2. The van der Waals surface area contributed by atoms with Crippen molar-refractivity contribution in [2.75, 3.05) is 26.1 Å². The van der Waals surface area contributed by atoms with Crippen molar-refractivity contribution in [3.63, 3.8) is 0 Å². The Morgan fingerprint density at radius 1 is 1.10 bits per heavy atom. The summed E-state index contributed by atoms with van der Waals surface area (Å²) in [4.78, 5) is 24.1. The second-order valence-electron chi connectivity index (χ2n) is 6.20. The number of hydrogen-bond donors (Lipinski definition) is 1. The van der Waals surface area contributed by atoms with Crippen molar-refractivity contribution in [2.24, 2.45) is 0 Å². The molecule has 0 saturated carbocycles. The zero-order valence-corrected chi connectivity index (χ0v) is 18.2. The van der Waals surface area contributed by atoms with Crippen molar-refractivity contribution in [1.82, 2.24) is 0 Å². The van der Waals surface area contributed by atoms with Crippen molar-refractivity contribution in [1.29, 1.82) is 0 Å². The fourth-order valence-electron chi connectivity index (χ4n) is 2.63. The van der Waals surface area contributed by atoms with Crippen LogP contribution in [0, 0.1) is 0 Å². The van der Waals surface area contributed by atoms with Gasteiger partial charge in [-0.05, 0) is 49.8 Å². The quantitative estimate of drug-likeness (QED) is 0.290. The van der Waals surface area contributed by atoms with Crippen molar-refractivity contribution in [3.8, 4) is 17.2 Å². The van der Waals surface area contributed by atoms with Crippen LogP contribution in [0.5, 0.6) is 17.2 Å². The van der Waals surface area contributed by atoms with Crippen LogP contribution in [0.25, 0.3) is 6.08 Å². The highest BCUT2D eigenvalue weighted by Crippen LogP contribution is 2.33. The minimum Gasteiger partial charge on any atom is -0.496 e. The molecule has 0 atom stereocenters. The van der Waals surface area contributed by atoms with Gasteiger partial charge in [0.1, 0.15) is 5.75 Å². The minimum atomic E-state index is -0.916. The molecule has 0 aliphatic carbocycles. The lowest BCUT2D eigenvalue weighted by atomic mass is 10.1. The van der Waals surface area contributed by atoms with Crippen LogP contribution in [-0.4, -0.2) is 42.9 Å². The standard InChI is InChI=1S/C23H26O6S/c1-4-13-29-23-16(7-6-8-19(23)28-5-2)9-11-18(24)17-10-12-21(20(14-17)27-3)30-15-22(25)26/h6-12,14H,4-5,13,15H2,1-3H3,(H,25,26)/b11-9-. The van der Waals surface area contributed by atoms with Gasteiger partial charge in [-0.2, -0.15) is 0 Å². The second-order valence-corrected chi connectivity index (χ2v) is 7.22. The number of hydrogen-bond acceptors (Lipinski definition) is 6. The number of benzene rings is 2. The number of carboxylic acids is 1. The first-order valence-electron chi connectivity index (χ1n) is 9.63. The molecule has 0 radical (unpaired) electrons. The summed E-state index contributed by atoms with van der Waals surface area (Å²) >= 11 is 1.14. The van der Waals surface area contributed by atoms with Gasteiger partial charge >= 0.3 is 5.97 Å². The number of rotatable bonds is 12. The Hall–Kier alpha value is -2.93. The van der Waals surface area contributed by atoms with Crippen LogP contribution >= 0.6 is 11.8 Å². The van der Waals surface area contributed by atoms with E-state index < -0.39 is 5.97 Å². The molecule has 0 heterocycles. The van der Waals surface area contributed by atoms with E-state index in [1.54, 1.807) is 24.3 Å². The predicted molar refractivity (Wildman–Crippen MR) is 118 cm³/mol. The third kappa shape index (κ3) is 6.56. The minimum absolute atomic E-state index is 0.0831. The Labute approximate surface area is 180 Å². The number of methoxy groups -OCH3 is 1. The SMILES string of the molecule is CCCOc1c(/C=C\C(=O)c2ccc(SCC(=O)O)c(OC)c2)cccc1OCC. The van der Waals surface area contributed by atoms with Gasteiger partial charge in [0.2, 0.25) is 0 Å². The fourth-order valence-corrected chi connectivity index (χ4v) is 3.36. The summed E-state index contributed by atoms with van der Waals surface area (Å²) in [6.07, 6.45) is 4.03. The van der Waals surface area contributed by atoms with Crippen molar-refractivity contribution < 1.29 is 28.9 Å². The molecule has 0 unspecified atom stereocenters. The smallest absolute Gasteiger partial charge is 0.313 e. The molecule has 0 amide bonds. The number of aliphatic carboxylic acids is 1. The van der Waals surface area contributed by atoms with Gasteiger partial charge < -0.3 is 19.3 Å². The van der Waals surface area contributed by atoms with Gasteiger partial charge in [-0.15, -0.1) is 11.8 Å². The van der Waals surface area contributed by atoms with Gasteiger partial charge in [-0.3, -0.25) is 9.59 Å². The topological polar surface area (TPSA) is 82.1 Å². The van der Waals surface area contributed by atoms with Crippen molar-refractivity contribution in [2.45, 2.75) is 25.2 Å². The number of ether oxygens (including phenoxy) is 3. The zero-order valence-electron chi connectivity index (χ0n) is 17.3. The van der Waals surface area contributed by atoms with Crippen molar-refractivity contribution in [3.05, 3.63) is 53.6 Å². The van der Waals surface area contributed by atoms with Gasteiger partial charge in [-0.1, -0.05) is 19.1 Å². The Balaban J connectivity index is 2.24. The molecule has 0 aliphatic rings. The van der Waals surface area contributed by atoms with Crippen LogP contribution in [0.1, 0.15) is 36.2 Å². The van der Waals surface area contributed by atoms with Gasteiger partial charge in [0, 0.05) is 16.0 Å². The highest BCUT2D eigenvalue weighted by molar-refractivity contribution is 8.00. The fraction of sp³-hybridized carbons (Fsp3) is 0.304. The number of ketones is 1. The lowest BCUT2D eigenvalue weighted by Gasteiger charge is -2.14. The lowest BCUT2D eigenvalue weighted by Crippen LogP contribution is -2.02. The number of para-hydroxylation sites is 1. The average molecular weight is 431 g/mol. The molecular weight excluding hydrogens is 404 g/mol. The first-order chi connectivity index (χ1) is 14.5. The molecule has 160 valence electrons. The molecule has 2 rings (SSSR count). The summed E-state index contributed by atoms with van der Waals surface area (Å²) in [5.74, 6) is 0.517. The summed E-state index contributed by atoms with van der Waals surface area (Å²) in [7, 11) is 1.49. The van der Waals surface area contributed by atoms with Crippen LogP contribution < -0.4 is 14.2 Å². The summed E-state index contributed by atoms with van der Waals surface area (Å²) < 4.78 is 16.8. The van der Waals surface area contributed by atoms with Crippen LogP contribution in [0.3, 0.4) is 0 Å². The molecule has 30 heavy (non-hydrogen) atoms. The monoisotopic (exact) mass is 430 g/mol. The summed E-state index contributed by atoms with van der Waals surface area (Å²) in [6, 6.07) is 10.5.